The molecule has 2 heterocycles. The molecule has 0 saturated heterocycles. The molecule has 3 rings (SSSR count). The quantitative estimate of drug-likeness (QED) is 0.779. The van der Waals surface area contributed by atoms with E-state index in [4.69, 9.17) is 13.6 Å². The highest BCUT2D eigenvalue weighted by atomic mass is 16.5. The number of furan rings is 2. The number of nitrogens with one attached hydrogen (secondary N) is 1. The van der Waals surface area contributed by atoms with E-state index in [9.17, 15) is 4.79 Å². The van der Waals surface area contributed by atoms with Gasteiger partial charge in [-0.1, -0.05) is 0 Å². The predicted molar refractivity (Wildman–Crippen MR) is 86.5 cm³/mol. The molecule has 0 aliphatic heterocycles. The summed E-state index contributed by atoms with van der Waals surface area (Å²) in [5.41, 5.74) is 1.56. The number of hydrogen-bond acceptors (Lipinski definition) is 4. The highest BCUT2D eigenvalue weighted by molar-refractivity contribution is 5.88. The third-order valence-electron chi connectivity index (χ3n) is 3.78. The zero-order valence-electron chi connectivity index (χ0n) is 13.4. The topological polar surface area (TPSA) is 64.6 Å². The van der Waals surface area contributed by atoms with E-state index in [-0.39, 0.29) is 18.4 Å². The fourth-order valence-corrected chi connectivity index (χ4v) is 2.55. The maximum absolute atomic E-state index is 12.2. The average Bonchev–Trinajstić information content (AvgIpc) is 3.13. The first kappa shape index (κ1) is 15.2. The molecule has 5 heteroatoms. The van der Waals surface area contributed by atoms with Crippen LogP contribution in [0.25, 0.3) is 11.0 Å². The number of benzene rings is 1. The Kier molecular flexibility index (Phi) is 4.10. The Balaban J connectivity index is 1.70. The molecule has 0 aliphatic rings. The highest BCUT2D eigenvalue weighted by Crippen LogP contribution is 2.26. The Morgan fingerprint density at radius 1 is 1.30 bits per heavy atom. The number of ether oxygens (including phenoxy) is 1. The van der Waals surface area contributed by atoms with Crippen LogP contribution in [0.3, 0.4) is 0 Å². The molecule has 0 bridgehead atoms. The molecular formula is C18H19NO4. The number of amides is 1. The molecular weight excluding hydrogens is 294 g/mol. The molecule has 0 fully saturated rings. The van der Waals surface area contributed by atoms with Gasteiger partial charge in [0, 0.05) is 17.0 Å². The van der Waals surface area contributed by atoms with E-state index >= 15 is 0 Å². The summed E-state index contributed by atoms with van der Waals surface area (Å²) in [6, 6.07) is 9.15. The van der Waals surface area contributed by atoms with E-state index < -0.39 is 0 Å². The second kappa shape index (κ2) is 6.20. The molecule has 5 nitrogen and oxygen atoms in total. The van der Waals surface area contributed by atoms with Crippen molar-refractivity contribution < 1.29 is 18.4 Å². The molecule has 1 aromatic carbocycles. The summed E-state index contributed by atoms with van der Waals surface area (Å²) in [6.45, 7) is 3.78. The van der Waals surface area contributed by atoms with Gasteiger partial charge >= 0.3 is 0 Å². The maximum Gasteiger partial charge on any atom is 0.225 e. The standard InChI is InChI=1S/C18H19NO4/c1-11-4-7-16(23-11)12(2)19-18(20)8-13-10-22-17-9-14(21-3)5-6-15(13)17/h4-7,9-10,12H,8H2,1-3H3,(H,19,20). The zero-order chi connectivity index (χ0) is 16.4. The molecule has 0 saturated carbocycles. The van der Waals surface area contributed by atoms with Gasteiger partial charge in [-0.2, -0.15) is 0 Å². The normalized spacial score (nSPS) is 12.3. The van der Waals surface area contributed by atoms with Gasteiger partial charge in [-0.05, 0) is 38.1 Å². The lowest BCUT2D eigenvalue weighted by Crippen LogP contribution is -2.27. The molecule has 1 atom stereocenters. The smallest absolute Gasteiger partial charge is 0.225 e. The summed E-state index contributed by atoms with van der Waals surface area (Å²) in [5.74, 6) is 2.23. The summed E-state index contributed by atoms with van der Waals surface area (Å²) in [6.07, 6.45) is 1.87. The molecule has 2 aromatic heterocycles. The summed E-state index contributed by atoms with van der Waals surface area (Å²) in [7, 11) is 1.61. The lowest BCUT2D eigenvalue weighted by molar-refractivity contribution is -0.121. The molecule has 0 aliphatic carbocycles. The van der Waals surface area contributed by atoms with Crippen LogP contribution in [0.15, 0.2) is 45.4 Å². The van der Waals surface area contributed by atoms with Gasteiger partial charge in [-0.25, -0.2) is 0 Å². The summed E-state index contributed by atoms with van der Waals surface area (Å²) in [4.78, 5) is 12.2. The Bertz CT molecular complexity index is 831. The maximum atomic E-state index is 12.2. The van der Waals surface area contributed by atoms with Crippen molar-refractivity contribution in [3.8, 4) is 5.75 Å². The molecule has 3 aromatic rings. The van der Waals surface area contributed by atoms with Crippen LogP contribution in [-0.2, 0) is 11.2 Å². The van der Waals surface area contributed by atoms with Gasteiger partial charge in [0.15, 0.2) is 0 Å². The molecule has 120 valence electrons. The molecule has 23 heavy (non-hydrogen) atoms. The lowest BCUT2D eigenvalue weighted by Gasteiger charge is -2.11. The number of rotatable bonds is 5. The first-order chi connectivity index (χ1) is 11.1. The van der Waals surface area contributed by atoms with Crippen molar-refractivity contribution in [3.63, 3.8) is 0 Å². The molecule has 0 radical (unpaired) electrons. The Morgan fingerprint density at radius 3 is 2.83 bits per heavy atom. The Hall–Kier alpha value is -2.69. The van der Waals surface area contributed by atoms with Crippen molar-refractivity contribution in [2.45, 2.75) is 26.3 Å². The molecule has 1 N–H and O–H groups in total. The fraction of sp³-hybridized carbons (Fsp3) is 0.278. The van der Waals surface area contributed by atoms with Crippen LogP contribution < -0.4 is 10.1 Å². The van der Waals surface area contributed by atoms with Crippen molar-refractivity contribution in [2.75, 3.05) is 7.11 Å². The largest absolute Gasteiger partial charge is 0.497 e. The van der Waals surface area contributed by atoms with E-state index in [2.05, 4.69) is 5.32 Å². The van der Waals surface area contributed by atoms with E-state index in [1.165, 1.54) is 0 Å². The zero-order valence-corrected chi connectivity index (χ0v) is 13.4. The molecule has 0 spiro atoms. The van der Waals surface area contributed by atoms with Crippen LogP contribution in [0, 0.1) is 6.92 Å². The monoisotopic (exact) mass is 313 g/mol. The summed E-state index contributed by atoms with van der Waals surface area (Å²) < 4.78 is 16.2. The number of fused-ring (bicyclic) bond motifs is 1. The minimum Gasteiger partial charge on any atom is -0.497 e. The second-order valence-corrected chi connectivity index (χ2v) is 5.54. The second-order valence-electron chi connectivity index (χ2n) is 5.54. The molecule has 1 unspecified atom stereocenters. The number of carbonyl (C=O) groups excluding carboxylic acids is 1. The van der Waals surface area contributed by atoms with Crippen LogP contribution >= 0.6 is 0 Å². The van der Waals surface area contributed by atoms with Gasteiger partial charge in [0.25, 0.3) is 0 Å². The van der Waals surface area contributed by atoms with Crippen LogP contribution in [0.5, 0.6) is 5.75 Å². The van der Waals surface area contributed by atoms with Crippen molar-refractivity contribution in [3.05, 3.63) is 53.7 Å². The van der Waals surface area contributed by atoms with Crippen LogP contribution in [-0.4, -0.2) is 13.0 Å². The lowest BCUT2D eigenvalue weighted by atomic mass is 10.1. The van der Waals surface area contributed by atoms with E-state index in [1.54, 1.807) is 13.4 Å². The summed E-state index contributed by atoms with van der Waals surface area (Å²) >= 11 is 0. The van der Waals surface area contributed by atoms with E-state index in [0.29, 0.717) is 5.58 Å². The number of carbonyl (C=O) groups is 1. The average molecular weight is 313 g/mol. The Labute approximate surface area is 134 Å². The van der Waals surface area contributed by atoms with Crippen molar-refractivity contribution in [2.24, 2.45) is 0 Å². The van der Waals surface area contributed by atoms with Gasteiger partial charge in [0.1, 0.15) is 22.9 Å². The minimum atomic E-state index is -0.172. The summed E-state index contributed by atoms with van der Waals surface area (Å²) in [5, 5.41) is 3.85. The van der Waals surface area contributed by atoms with Gasteiger partial charge < -0.3 is 18.9 Å². The SMILES string of the molecule is COc1ccc2c(CC(=O)NC(C)c3ccc(C)o3)coc2c1. The van der Waals surface area contributed by atoms with Gasteiger partial charge in [-0.3, -0.25) is 4.79 Å². The third kappa shape index (κ3) is 3.23. The van der Waals surface area contributed by atoms with Crippen molar-refractivity contribution in [1.29, 1.82) is 0 Å². The van der Waals surface area contributed by atoms with Crippen LogP contribution in [0.2, 0.25) is 0 Å². The minimum absolute atomic E-state index is 0.0786. The molecule has 1 amide bonds. The van der Waals surface area contributed by atoms with Crippen LogP contribution in [0.1, 0.15) is 30.0 Å². The van der Waals surface area contributed by atoms with Gasteiger partial charge in [0.2, 0.25) is 5.91 Å². The fourth-order valence-electron chi connectivity index (χ4n) is 2.55. The highest BCUT2D eigenvalue weighted by Gasteiger charge is 2.15. The van der Waals surface area contributed by atoms with Crippen molar-refractivity contribution in [1.82, 2.24) is 5.32 Å². The first-order valence-electron chi connectivity index (χ1n) is 7.46. The van der Waals surface area contributed by atoms with Gasteiger partial charge in [-0.15, -0.1) is 0 Å². The van der Waals surface area contributed by atoms with Gasteiger partial charge in [0.05, 0.1) is 25.8 Å². The Morgan fingerprint density at radius 2 is 2.13 bits per heavy atom. The number of methoxy groups -OCH3 is 1. The third-order valence-corrected chi connectivity index (χ3v) is 3.78. The first-order valence-corrected chi connectivity index (χ1v) is 7.46. The number of hydrogen-bond donors (Lipinski definition) is 1. The van der Waals surface area contributed by atoms with Crippen LogP contribution in [0.4, 0.5) is 0 Å². The van der Waals surface area contributed by atoms with E-state index in [1.807, 2.05) is 44.2 Å². The predicted octanol–water partition coefficient (Wildman–Crippen LogP) is 3.76. The number of aryl methyl sites for hydroxylation is 1. The van der Waals surface area contributed by atoms with E-state index in [0.717, 1.165) is 28.2 Å². The van der Waals surface area contributed by atoms with Crippen molar-refractivity contribution >= 4 is 16.9 Å².